The molecule has 0 fully saturated rings. The highest BCUT2D eigenvalue weighted by atomic mass is 19.2. The summed E-state index contributed by atoms with van der Waals surface area (Å²) in [6.07, 6.45) is 3.61. The molecule has 0 saturated heterocycles. The van der Waals surface area contributed by atoms with Gasteiger partial charge in [0, 0.05) is 18.7 Å². The molecule has 0 saturated carbocycles. The second-order valence-corrected chi connectivity index (χ2v) is 5.48. The van der Waals surface area contributed by atoms with Gasteiger partial charge in [-0.05, 0) is 43.2 Å². The van der Waals surface area contributed by atoms with Crippen LogP contribution in [0, 0.1) is 11.6 Å². The van der Waals surface area contributed by atoms with E-state index < -0.39 is 17.5 Å². The second-order valence-electron chi connectivity index (χ2n) is 5.48. The molecular formula is C18H21F2N3O. The van der Waals surface area contributed by atoms with Crippen LogP contribution >= 0.6 is 0 Å². The van der Waals surface area contributed by atoms with Crippen molar-refractivity contribution in [3.8, 4) is 0 Å². The summed E-state index contributed by atoms with van der Waals surface area (Å²) in [6, 6.07) is 6.63. The van der Waals surface area contributed by atoms with Crippen molar-refractivity contribution < 1.29 is 13.6 Å². The van der Waals surface area contributed by atoms with Crippen LogP contribution in [0.25, 0.3) is 0 Å². The van der Waals surface area contributed by atoms with Gasteiger partial charge >= 0.3 is 0 Å². The summed E-state index contributed by atoms with van der Waals surface area (Å²) < 4.78 is 26.1. The van der Waals surface area contributed by atoms with Crippen LogP contribution in [-0.4, -0.2) is 24.0 Å². The molecule has 0 unspecified atom stereocenters. The van der Waals surface area contributed by atoms with Crippen LogP contribution in [0.4, 0.5) is 20.3 Å². The maximum Gasteiger partial charge on any atom is 0.255 e. The fourth-order valence-corrected chi connectivity index (χ4v) is 2.37. The third kappa shape index (κ3) is 4.50. The molecule has 0 aliphatic heterocycles. The lowest BCUT2D eigenvalue weighted by Gasteiger charge is -2.22. The SMILES string of the molecule is CCCN(CCC)c1ccc(NC(=O)c2ccc(F)c(F)c2)cn1. The van der Waals surface area contributed by atoms with E-state index in [9.17, 15) is 13.6 Å². The first-order valence-electron chi connectivity index (χ1n) is 8.02. The Kier molecular flexibility index (Phi) is 6.23. The van der Waals surface area contributed by atoms with Gasteiger partial charge in [0.25, 0.3) is 5.91 Å². The van der Waals surface area contributed by atoms with E-state index in [0.717, 1.165) is 43.9 Å². The maximum atomic E-state index is 13.2. The Labute approximate surface area is 140 Å². The molecule has 1 aromatic heterocycles. The minimum absolute atomic E-state index is 0.0524. The molecule has 0 spiro atoms. The lowest BCUT2D eigenvalue weighted by molar-refractivity contribution is 0.102. The molecule has 2 rings (SSSR count). The van der Waals surface area contributed by atoms with Crippen molar-refractivity contribution in [2.75, 3.05) is 23.3 Å². The largest absolute Gasteiger partial charge is 0.357 e. The number of hydrogen-bond acceptors (Lipinski definition) is 3. The van der Waals surface area contributed by atoms with Crippen LogP contribution in [0.1, 0.15) is 37.0 Å². The first-order chi connectivity index (χ1) is 11.5. The highest BCUT2D eigenvalue weighted by molar-refractivity contribution is 6.04. The number of halogens is 2. The van der Waals surface area contributed by atoms with Crippen molar-refractivity contribution in [3.63, 3.8) is 0 Å². The zero-order valence-corrected chi connectivity index (χ0v) is 13.9. The topological polar surface area (TPSA) is 45.2 Å². The minimum atomic E-state index is -1.05. The Hall–Kier alpha value is -2.50. The van der Waals surface area contributed by atoms with Crippen molar-refractivity contribution in [1.82, 2.24) is 4.98 Å². The molecule has 0 aliphatic rings. The normalized spacial score (nSPS) is 10.5. The lowest BCUT2D eigenvalue weighted by atomic mass is 10.2. The quantitative estimate of drug-likeness (QED) is 0.824. The number of benzene rings is 1. The second kappa shape index (κ2) is 8.38. The van der Waals surface area contributed by atoms with Gasteiger partial charge in [-0.25, -0.2) is 13.8 Å². The van der Waals surface area contributed by atoms with Gasteiger partial charge in [0.2, 0.25) is 0 Å². The summed E-state index contributed by atoms with van der Waals surface area (Å²) >= 11 is 0. The number of nitrogens with one attached hydrogen (secondary N) is 1. The molecule has 1 amide bonds. The van der Waals surface area contributed by atoms with Gasteiger partial charge in [-0.1, -0.05) is 13.8 Å². The third-order valence-electron chi connectivity index (χ3n) is 3.50. The molecule has 1 heterocycles. The van der Waals surface area contributed by atoms with E-state index in [1.165, 1.54) is 6.07 Å². The molecule has 6 heteroatoms. The van der Waals surface area contributed by atoms with E-state index in [0.29, 0.717) is 5.69 Å². The summed E-state index contributed by atoms with van der Waals surface area (Å²) in [7, 11) is 0. The Balaban J connectivity index is 2.07. The van der Waals surface area contributed by atoms with Crippen LogP contribution in [0.2, 0.25) is 0 Å². The number of pyridine rings is 1. The average Bonchev–Trinajstić information content (AvgIpc) is 2.58. The molecule has 0 aliphatic carbocycles. The number of carbonyl (C=O) groups is 1. The number of rotatable bonds is 7. The number of nitrogens with zero attached hydrogens (tertiary/aromatic N) is 2. The smallest absolute Gasteiger partial charge is 0.255 e. The summed E-state index contributed by atoms with van der Waals surface area (Å²) in [6.45, 7) is 6.06. The maximum absolute atomic E-state index is 13.2. The fourth-order valence-electron chi connectivity index (χ4n) is 2.37. The van der Waals surface area contributed by atoms with Crippen molar-refractivity contribution in [2.45, 2.75) is 26.7 Å². The molecule has 1 aromatic carbocycles. The lowest BCUT2D eigenvalue weighted by Crippen LogP contribution is -2.25. The highest BCUT2D eigenvalue weighted by Crippen LogP contribution is 2.16. The number of aromatic nitrogens is 1. The van der Waals surface area contributed by atoms with Crippen molar-refractivity contribution >= 4 is 17.4 Å². The molecule has 0 bridgehead atoms. The monoisotopic (exact) mass is 333 g/mol. The van der Waals surface area contributed by atoms with Gasteiger partial charge < -0.3 is 10.2 Å². The zero-order chi connectivity index (χ0) is 17.5. The average molecular weight is 333 g/mol. The highest BCUT2D eigenvalue weighted by Gasteiger charge is 2.11. The first kappa shape index (κ1) is 17.8. The number of hydrogen-bond donors (Lipinski definition) is 1. The molecule has 0 atom stereocenters. The van der Waals surface area contributed by atoms with Gasteiger partial charge in [0.1, 0.15) is 5.82 Å². The van der Waals surface area contributed by atoms with Crippen LogP contribution < -0.4 is 10.2 Å². The zero-order valence-electron chi connectivity index (χ0n) is 13.9. The van der Waals surface area contributed by atoms with Gasteiger partial charge in [-0.15, -0.1) is 0 Å². The van der Waals surface area contributed by atoms with Crippen molar-refractivity contribution in [2.24, 2.45) is 0 Å². The summed E-state index contributed by atoms with van der Waals surface area (Å²) in [5, 5.41) is 2.63. The predicted molar refractivity (Wildman–Crippen MR) is 91.3 cm³/mol. The van der Waals surface area contributed by atoms with Crippen LogP contribution in [0.3, 0.4) is 0 Å². The van der Waals surface area contributed by atoms with E-state index in [4.69, 9.17) is 0 Å². The predicted octanol–water partition coefficient (Wildman–Crippen LogP) is 4.24. The Morgan fingerprint density at radius 2 is 1.79 bits per heavy atom. The van der Waals surface area contributed by atoms with Gasteiger partial charge in [-0.2, -0.15) is 0 Å². The third-order valence-corrected chi connectivity index (χ3v) is 3.50. The number of amides is 1. The Morgan fingerprint density at radius 3 is 2.33 bits per heavy atom. The fraction of sp³-hybridized carbons (Fsp3) is 0.333. The molecule has 0 radical (unpaired) electrons. The van der Waals surface area contributed by atoms with Gasteiger partial charge in [-0.3, -0.25) is 4.79 Å². The minimum Gasteiger partial charge on any atom is -0.357 e. The van der Waals surface area contributed by atoms with Crippen molar-refractivity contribution in [1.29, 1.82) is 0 Å². The Morgan fingerprint density at radius 1 is 1.08 bits per heavy atom. The summed E-state index contributed by atoms with van der Waals surface area (Å²) in [5.41, 5.74) is 0.554. The summed E-state index contributed by atoms with van der Waals surface area (Å²) in [5.74, 6) is -1.69. The van der Waals surface area contributed by atoms with E-state index >= 15 is 0 Å². The standard InChI is InChI=1S/C18H21F2N3O/c1-3-9-23(10-4-2)17-8-6-14(12-21-17)22-18(24)13-5-7-15(19)16(20)11-13/h5-8,11-12H,3-4,9-10H2,1-2H3,(H,22,24). The summed E-state index contributed by atoms with van der Waals surface area (Å²) in [4.78, 5) is 18.6. The van der Waals surface area contributed by atoms with Crippen LogP contribution in [0.5, 0.6) is 0 Å². The Bertz CT molecular complexity index is 683. The first-order valence-corrected chi connectivity index (χ1v) is 8.02. The van der Waals surface area contributed by atoms with Gasteiger partial charge in [0.05, 0.1) is 11.9 Å². The van der Waals surface area contributed by atoms with Gasteiger partial charge in [0.15, 0.2) is 11.6 Å². The molecular weight excluding hydrogens is 312 g/mol. The van der Waals surface area contributed by atoms with E-state index in [-0.39, 0.29) is 5.56 Å². The van der Waals surface area contributed by atoms with Crippen molar-refractivity contribution in [3.05, 3.63) is 53.7 Å². The molecule has 1 N–H and O–H groups in total. The van der Waals surface area contributed by atoms with E-state index in [2.05, 4.69) is 29.0 Å². The number of anilines is 2. The van der Waals surface area contributed by atoms with Crippen LogP contribution in [-0.2, 0) is 0 Å². The number of carbonyl (C=O) groups excluding carboxylic acids is 1. The van der Waals surface area contributed by atoms with Crippen LogP contribution in [0.15, 0.2) is 36.5 Å². The molecule has 24 heavy (non-hydrogen) atoms. The van der Waals surface area contributed by atoms with E-state index in [1.807, 2.05) is 6.07 Å². The molecule has 2 aromatic rings. The molecule has 128 valence electrons. The molecule has 4 nitrogen and oxygen atoms in total. The van der Waals surface area contributed by atoms with E-state index in [1.54, 1.807) is 12.3 Å².